The summed E-state index contributed by atoms with van der Waals surface area (Å²) in [5, 5.41) is 4.16. The summed E-state index contributed by atoms with van der Waals surface area (Å²) in [6.07, 6.45) is 4.72. The van der Waals surface area contributed by atoms with E-state index in [0.29, 0.717) is 42.5 Å². The van der Waals surface area contributed by atoms with Gasteiger partial charge in [0.1, 0.15) is 5.60 Å². The predicted molar refractivity (Wildman–Crippen MR) is 153 cm³/mol. The van der Waals surface area contributed by atoms with Gasteiger partial charge in [-0.05, 0) is 51.3 Å². The number of carbonyl (C=O) groups excluding carboxylic acids is 2. The van der Waals surface area contributed by atoms with Gasteiger partial charge in [0.05, 0.1) is 40.9 Å². The molecule has 3 aromatic rings. The lowest BCUT2D eigenvalue weighted by atomic mass is 9.84. The molecule has 1 aromatic carbocycles. The molecule has 38 heavy (non-hydrogen) atoms. The van der Waals surface area contributed by atoms with Crippen LogP contribution in [-0.2, 0) is 4.74 Å². The number of aromatic nitrogens is 3. The molecular weight excluding hydrogens is 548 g/mol. The minimum Gasteiger partial charge on any atom is -0.444 e. The van der Waals surface area contributed by atoms with Crippen LogP contribution in [0.1, 0.15) is 58.8 Å². The van der Waals surface area contributed by atoms with Gasteiger partial charge in [0, 0.05) is 35.7 Å². The summed E-state index contributed by atoms with van der Waals surface area (Å²) in [5.41, 5.74) is 1.86. The van der Waals surface area contributed by atoms with Crippen LogP contribution in [0.25, 0.3) is 10.9 Å². The van der Waals surface area contributed by atoms with E-state index in [1.54, 1.807) is 18.6 Å². The molecule has 3 heterocycles. The fourth-order valence-electron chi connectivity index (χ4n) is 4.50. The Hall–Kier alpha value is -3.27. The van der Waals surface area contributed by atoms with Crippen LogP contribution >= 0.6 is 15.9 Å². The predicted octanol–water partition coefficient (Wildman–Crippen LogP) is 6.21. The number of Topliss-reactive ketones (excluding diaryl/α,β-unsaturated/α-hetero) is 1. The summed E-state index contributed by atoms with van der Waals surface area (Å²) in [4.78, 5) is 42.9. The Morgan fingerprint density at radius 3 is 2.32 bits per heavy atom. The van der Waals surface area contributed by atoms with Crippen molar-refractivity contribution in [3.8, 4) is 0 Å². The first-order chi connectivity index (χ1) is 17.7. The Morgan fingerprint density at radius 1 is 1.03 bits per heavy atom. The second-order valence-corrected chi connectivity index (χ2v) is 12.6. The summed E-state index contributed by atoms with van der Waals surface area (Å²) >= 11 is 3.51. The van der Waals surface area contributed by atoms with Crippen molar-refractivity contribution in [3.05, 3.63) is 46.8 Å². The Morgan fingerprint density at radius 2 is 1.71 bits per heavy atom. The van der Waals surface area contributed by atoms with Gasteiger partial charge < -0.3 is 19.9 Å². The van der Waals surface area contributed by atoms with Crippen LogP contribution in [0.15, 0.2) is 41.3 Å². The van der Waals surface area contributed by atoms with E-state index < -0.39 is 5.60 Å². The van der Waals surface area contributed by atoms with Crippen LogP contribution in [0, 0.1) is 5.41 Å². The van der Waals surface area contributed by atoms with Crippen LogP contribution in [0.5, 0.6) is 0 Å². The van der Waals surface area contributed by atoms with Gasteiger partial charge in [-0.15, -0.1) is 0 Å². The Balaban J connectivity index is 1.56. The first-order valence-electron chi connectivity index (χ1n) is 12.7. The molecule has 0 radical (unpaired) electrons. The van der Waals surface area contributed by atoms with Crippen LogP contribution in [0.4, 0.5) is 22.1 Å². The number of hydrogen-bond acceptors (Lipinski definition) is 8. The van der Waals surface area contributed by atoms with Crippen molar-refractivity contribution < 1.29 is 14.3 Å². The van der Waals surface area contributed by atoms with Gasteiger partial charge in [-0.1, -0.05) is 36.7 Å². The van der Waals surface area contributed by atoms with Gasteiger partial charge in [-0.25, -0.2) is 14.8 Å². The second kappa shape index (κ2) is 10.5. The zero-order valence-electron chi connectivity index (χ0n) is 23.0. The highest BCUT2D eigenvalue weighted by Crippen LogP contribution is 2.33. The summed E-state index contributed by atoms with van der Waals surface area (Å²) in [7, 11) is 0. The summed E-state index contributed by atoms with van der Waals surface area (Å²) in [5.74, 6) is 0.498. The van der Waals surface area contributed by atoms with Gasteiger partial charge in [-0.3, -0.25) is 9.78 Å². The molecule has 1 N–H and O–H groups in total. The molecule has 9 nitrogen and oxygen atoms in total. The molecule has 202 valence electrons. The van der Waals surface area contributed by atoms with Gasteiger partial charge in [-0.2, -0.15) is 0 Å². The Bertz CT molecular complexity index is 1350. The maximum Gasteiger partial charge on any atom is 0.410 e. The maximum atomic E-state index is 12.9. The number of nitrogens with one attached hydrogen (secondary N) is 1. The number of amides is 1. The fourth-order valence-corrected chi connectivity index (χ4v) is 4.87. The third-order valence-electron chi connectivity index (χ3n) is 6.41. The van der Waals surface area contributed by atoms with Crippen molar-refractivity contribution in [2.75, 3.05) is 29.9 Å². The van der Waals surface area contributed by atoms with Crippen LogP contribution in [0.2, 0.25) is 0 Å². The summed E-state index contributed by atoms with van der Waals surface area (Å²) < 4.78 is 6.57. The number of benzene rings is 1. The smallest absolute Gasteiger partial charge is 0.410 e. The number of anilines is 3. The number of rotatable bonds is 4. The van der Waals surface area contributed by atoms with Crippen molar-refractivity contribution in [2.45, 2.75) is 60.1 Å². The lowest BCUT2D eigenvalue weighted by Crippen LogP contribution is -2.60. The second-order valence-electron chi connectivity index (χ2n) is 11.7. The third-order valence-corrected chi connectivity index (χ3v) is 6.90. The first kappa shape index (κ1) is 27.8. The number of carbonyl (C=O) groups is 2. The number of hydrogen-bond donors (Lipinski definition) is 1. The summed E-state index contributed by atoms with van der Waals surface area (Å²) in [6.45, 7) is 15.2. The highest BCUT2D eigenvalue weighted by Gasteiger charge is 2.40. The van der Waals surface area contributed by atoms with Crippen molar-refractivity contribution in [1.82, 2.24) is 19.9 Å². The van der Waals surface area contributed by atoms with E-state index in [9.17, 15) is 9.59 Å². The number of nitrogens with zero attached hydrogens (tertiary/aromatic N) is 5. The number of fused-ring (bicyclic) bond motifs is 1. The number of pyridine rings is 1. The molecule has 1 amide bonds. The van der Waals surface area contributed by atoms with E-state index in [0.717, 1.165) is 15.4 Å². The maximum absolute atomic E-state index is 12.9. The fraction of sp³-hybridized carbons (Fsp3) is 0.464. The highest BCUT2D eigenvalue weighted by atomic mass is 79.9. The van der Waals surface area contributed by atoms with E-state index >= 15 is 0 Å². The lowest BCUT2D eigenvalue weighted by molar-refractivity contribution is -0.000767. The first-order valence-corrected chi connectivity index (χ1v) is 13.4. The SMILES string of the molecule is CC(=O)c1cnc2ccc(Br)cc2c1Nc1cnc(N2CCN(C(=O)OC(C)(C)C)C(C(C)(C)C)C2)nc1. The highest BCUT2D eigenvalue weighted by molar-refractivity contribution is 9.10. The van der Waals surface area contributed by atoms with Crippen LogP contribution < -0.4 is 10.2 Å². The van der Waals surface area contributed by atoms with Crippen LogP contribution in [0.3, 0.4) is 0 Å². The molecule has 1 saturated heterocycles. The number of ether oxygens (including phenoxy) is 1. The van der Waals surface area contributed by atoms with Crippen molar-refractivity contribution >= 4 is 56.0 Å². The third kappa shape index (κ3) is 6.23. The molecule has 0 aliphatic carbocycles. The molecule has 1 aliphatic heterocycles. The van der Waals surface area contributed by atoms with E-state index in [-0.39, 0.29) is 23.3 Å². The molecule has 10 heteroatoms. The topological polar surface area (TPSA) is 101 Å². The van der Waals surface area contributed by atoms with Gasteiger partial charge in [0.25, 0.3) is 0 Å². The number of ketones is 1. The van der Waals surface area contributed by atoms with E-state index in [1.165, 1.54) is 6.92 Å². The number of halogens is 1. The molecule has 0 bridgehead atoms. The average Bonchev–Trinajstić information content (AvgIpc) is 2.82. The molecule has 0 saturated carbocycles. The molecule has 1 atom stereocenters. The zero-order valence-corrected chi connectivity index (χ0v) is 24.6. The van der Waals surface area contributed by atoms with Gasteiger partial charge in [0.2, 0.25) is 5.95 Å². The number of piperazine rings is 1. The van der Waals surface area contributed by atoms with Gasteiger partial charge >= 0.3 is 6.09 Å². The molecular formula is C28H35BrN6O3. The minimum atomic E-state index is -0.554. The van der Waals surface area contributed by atoms with E-state index in [4.69, 9.17) is 4.74 Å². The summed E-state index contributed by atoms with van der Waals surface area (Å²) in [6, 6.07) is 5.67. The van der Waals surface area contributed by atoms with E-state index in [1.807, 2.05) is 43.9 Å². The van der Waals surface area contributed by atoms with Gasteiger partial charge in [0.15, 0.2) is 5.78 Å². The molecule has 2 aromatic heterocycles. The zero-order chi connectivity index (χ0) is 27.8. The lowest BCUT2D eigenvalue weighted by Gasteiger charge is -2.47. The van der Waals surface area contributed by atoms with Crippen LogP contribution in [-0.4, -0.2) is 63.0 Å². The Labute approximate surface area is 232 Å². The quantitative estimate of drug-likeness (QED) is 0.362. The molecule has 1 aliphatic rings. The minimum absolute atomic E-state index is 0.0766. The van der Waals surface area contributed by atoms with Crippen molar-refractivity contribution in [1.29, 1.82) is 0 Å². The molecule has 0 spiro atoms. The largest absolute Gasteiger partial charge is 0.444 e. The van der Waals surface area contributed by atoms with Crippen molar-refractivity contribution in [3.63, 3.8) is 0 Å². The molecule has 4 rings (SSSR count). The standard InChI is InChI=1S/C28H35BrN6O3/c1-17(36)21-15-30-22-9-8-18(29)12-20(22)24(21)33-19-13-31-25(32-14-19)34-10-11-35(23(16-34)27(2,3)4)26(37)38-28(5,6)7/h8-9,12-15,23H,10-11,16H2,1-7H3,(H,30,33). The van der Waals surface area contributed by atoms with E-state index in [2.05, 4.69) is 61.9 Å². The Kier molecular flexibility index (Phi) is 7.65. The van der Waals surface area contributed by atoms with Crippen molar-refractivity contribution in [2.24, 2.45) is 5.41 Å². The normalized spacial score (nSPS) is 16.5. The molecule has 1 fully saturated rings. The average molecular weight is 584 g/mol. The molecule has 1 unspecified atom stereocenters. The monoisotopic (exact) mass is 582 g/mol.